The van der Waals surface area contributed by atoms with Crippen LogP contribution >= 0.6 is 0 Å². The fourth-order valence-corrected chi connectivity index (χ4v) is 0. The molecule has 0 bridgehead atoms. The molecule has 0 unspecified atom stereocenters. The van der Waals surface area contributed by atoms with E-state index >= 15 is 0 Å². The van der Waals surface area contributed by atoms with Crippen LogP contribution in [0.15, 0.2) is 0 Å². The maximum atomic E-state index is 8.82. The van der Waals surface area contributed by atoms with Crippen molar-refractivity contribution in [2.24, 2.45) is 0 Å². The van der Waals surface area contributed by atoms with Crippen LogP contribution < -0.4 is 17.4 Å². The van der Waals surface area contributed by atoms with Crippen molar-refractivity contribution in [1.82, 2.24) is 12.3 Å². The van der Waals surface area contributed by atoms with E-state index in [1.165, 1.54) is 0 Å². The van der Waals surface area contributed by atoms with Crippen molar-refractivity contribution in [1.29, 1.82) is 0 Å². The first-order chi connectivity index (χ1) is 3.73. The predicted molar refractivity (Wildman–Crippen MR) is 27.7 cm³/mol. The fraction of sp³-hybridized carbons (Fsp3) is 0. The average molecular weight is 232 g/mol. The summed E-state index contributed by atoms with van der Waals surface area (Å²) >= 11 is -5.25. The first kappa shape index (κ1) is 30.3. The molecule has 0 spiro atoms. The number of rotatable bonds is 0. The van der Waals surface area contributed by atoms with Gasteiger partial charge in [-0.05, 0) is 0 Å². The Morgan fingerprint density at radius 1 is 1.17 bits per heavy atom. The molecule has 0 saturated heterocycles. The molecular formula is CH12CrN2O8. The molecule has 0 aliphatic carbocycles. The summed E-state index contributed by atoms with van der Waals surface area (Å²) in [5.74, 6) is 0. The van der Waals surface area contributed by atoms with Gasteiger partial charge in [0, 0.05) is 0 Å². The number of quaternary nitrogens is 2. The zero-order valence-electron chi connectivity index (χ0n) is 6.33. The van der Waals surface area contributed by atoms with Gasteiger partial charge in [0.05, 0.1) is 0 Å². The van der Waals surface area contributed by atoms with Crippen LogP contribution in [0.1, 0.15) is 0 Å². The van der Waals surface area contributed by atoms with Gasteiger partial charge < -0.3 is 32.8 Å². The predicted octanol–water partition coefficient (Wildman–Crippen LogP) is -1.89. The van der Waals surface area contributed by atoms with Crippen LogP contribution in [0.2, 0.25) is 0 Å². The van der Waals surface area contributed by atoms with Gasteiger partial charge in [0.1, 0.15) is 0 Å². The number of carboxylic acid groups (broad SMARTS) is 2. The van der Waals surface area contributed by atoms with Crippen LogP contribution in [0.5, 0.6) is 0 Å². The van der Waals surface area contributed by atoms with Gasteiger partial charge in [-0.25, -0.2) is 0 Å². The van der Waals surface area contributed by atoms with Crippen molar-refractivity contribution < 1.29 is 50.0 Å². The summed E-state index contributed by atoms with van der Waals surface area (Å²) in [6.45, 7) is 0. The summed E-state index contributed by atoms with van der Waals surface area (Å²) in [5.41, 5.74) is 0. The van der Waals surface area contributed by atoms with Gasteiger partial charge in [0.15, 0.2) is 0 Å². The summed E-state index contributed by atoms with van der Waals surface area (Å²) < 4.78 is 31.9. The second-order valence-electron chi connectivity index (χ2n) is 0.714. The zero-order valence-corrected chi connectivity index (χ0v) is 7.61. The first-order valence-electron chi connectivity index (χ1n) is 1.33. The third-order valence-electron chi connectivity index (χ3n) is 0. The normalized spacial score (nSPS) is 6.83. The molecule has 0 heterocycles. The van der Waals surface area contributed by atoms with Gasteiger partial charge >= 0.3 is 29.5 Å². The van der Waals surface area contributed by atoms with Crippen molar-refractivity contribution >= 4 is 6.16 Å². The molecule has 0 aliphatic heterocycles. The molecule has 0 rings (SSSR count). The first-order valence-corrected chi connectivity index (χ1v) is 3.51. The molecule has 11 heteroatoms. The number of hydrogen-bond donors (Lipinski definition) is 5. The van der Waals surface area contributed by atoms with Crippen LogP contribution in [0.4, 0.5) is 4.79 Å². The van der Waals surface area contributed by atoms with Gasteiger partial charge in [0.2, 0.25) is 6.16 Å². The third-order valence-corrected chi connectivity index (χ3v) is 0. The Bertz CT molecular complexity index is 159. The van der Waals surface area contributed by atoms with Crippen LogP contribution in [0, 0.1) is 0 Å². The molecule has 0 aliphatic rings. The van der Waals surface area contributed by atoms with Crippen LogP contribution in [0.3, 0.4) is 0 Å². The average Bonchev–Trinajstić information content (AvgIpc) is 1.19. The molecular weight excluding hydrogens is 220 g/mol. The molecule has 0 aromatic rings. The fourth-order valence-electron chi connectivity index (χ4n) is 0. The van der Waals surface area contributed by atoms with Crippen LogP contribution in [-0.4, -0.2) is 25.1 Å². The van der Waals surface area contributed by atoms with Gasteiger partial charge in [-0.3, -0.25) is 0 Å². The summed E-state index contributed by atoms with van der Waals surface area (Å²) in [7, 11) is 0. The molecule has 0 saturated carbocycles. The number of hydrogen-bond acceptors (Lipinski definition) is 5. The molecule has 0 amide bonds. The third kappa shape index (κ3) is 973. The monoisotopic (exact) mass is 232 g/mol. The molecule has 0 fully saturated rings. The SMILES string of the molecule is O=C([O-])O.[NH4+].[NH4+].[OH-].[O]=[Cr](=[O])([OH])[OH]. The summed E-state index contributed by atoms with van der Waals surface area (Å²) in [4.78, 5) is 8.44. The van der Waals surface area contributed by atoms with Crippen molar-refractivity contribution in [2.75, 3.05) is 0 Å². The topological polar surface area (TPSA) is 238 Å². The summed E-state index contributed by atoms with van der Waals surface area (Å²) in [6, 6.07) is 0. The van der Waals surface area contributed by atoms with Crippen LogP contribution in [0.25, 0.3) is 0 Å². The van der Waals surface area contributed by atoms with E-state index in [-0.39, 0.29) is 17.8 Å². The molecule has 0 aromatic heterocycles. The quantitative estimate of drug-likeness (QED) is 0.315. The molecule has 10 nitrogen and oxygen atoms in total. The Balaban J connectivity index is -0.0000000221. The van der Waals surface area contributed by atoms with Gasteiger partial charge in [-0.1, -0.05) is 0 Å². The van der Waals surface area contributed by atoms with Crippen molar-refractivity contribution in [3.63, 3.8) is 0 Å². The van der Waals surface area contributed by atoms with Gasteiger partial charge in [-0.2, -0.15) is 0 Å². The van der Waals surface area contributed by atoms with E-state index in [1.54, 1.807) is 0 Å². The van der Waals surface area contributed by atoms with E-state index in [9.17, 15) is 0 Å². The standard InChI is InChI=1S/CH2O3.Cr.2H3N.3H2O.2O/c2-1(3)4;;;;;;;;/h(H2,2,3,4);;2*1H3;3*1H2;;/q;+2;;;;;;;/p-2. The van der Waals surface area contributed by atoms with E-state index in [1.807, 2.05) is 0 Å². The van der Waals surface area contributed by atoms with E-state index in [0.717, 1.165) is 0 Å². The molecule has 0 atom stereocenters. The second-order valence-corrected chi connectivity index (χ2v) is 2.11. The minimum atomic E-state index is -5.25. The van der Waals surface area contributed by atoms with E-state index in [4.69, 9.17) is 30.9 Å². The van der Waals surface area contributed by atoms with E-state index in [0.29, 0.717) is 0 Å². The van der Waals surface area contributed by atoms with Crippen LogP contribution in [-0.2, 0) is 21.2 Å². The number of carbonyl (C=O) groups is 1. The second kappa shape index (κ2) is 12.8. The Morgan fingerprint density at radius 3 is 1.17 bits per heavy atom. The Kier molecular flexibility index (Phi) is 32.4. The molecule has 0 aromatic carbocycles. The van der Waals surface area contributed by atoms with Gasteiger partial charge in [-0.15, -0.1) is 0 Å². The molecule has 12 N–H and O–H groups in total. The zero-order chi connectivity index (χ0) is 8.08. The van der Waals surface area contributed by atoms with Gasteiger partial charge in [0.25, 0.3) is 0 Å². The molecule has 12 heavy (non-hydrogen) atoms. The summed E-state index contributed by atoms with van der Waals surface area (Å²) in [5, 5.41) is 15.3. The molecule has 80 valence electrons. The Hall–Kier alpha value is -0.798. The van der Waals surface area contributed by atoms with Crippen molar-refractivity contribution in [3.8, 4) is 0 Å². The molecule has 0 radical (unpaired) electrons. The summed E-state index contributed by atoms with van der Waals surface area (Å²) in [6.07, 6.45) is -2.08. The minimum absolute atomic E-state index is 0. The maximum absolute atomic E-state index is 8.82. The Labute approximate surface area is 69.3 Å². The van der Waals surface area contributed by atoms with Crippen molar-refractivity contribution in [3.05, 3.63) is 0 Å². The van der Waals surface area contributed by atoms with E-state index in [2.05, 4.69) is 0 Å². The van der Waals surface area contributed by atoms with Crippen molar-refractivity contribution in [2.45, 2.75) is 0 Å². The van der Waals surface area contributed by atoms with E-state index < -0.39 is 19.8 Å². The Morgan fingerprint density at radius 2 is 1.17 bits per heavy atom.